The van der Waals surface area contributed by atoms with E-state index in [1.165, 1.54) is 39.9 Å². The van der Waals surface area contributed by atoms with Gasteiger partial charge in [-0.15, -0.1) is 11.3 Å². The van der Waals surface area contributed by atoms with Gasteiger partial charge in [-0.05, 0) is 42.9 Å². The maximum absolute atomic E-state index is 5.87. The van der Waals surface area contributed by atoms with E-state index in [1.807, 2.05) is 41.7 Å². The summed E-state index contributed by atoms with van der Waals surface area (Å²) in [6.45, 7) is 8.19. The molecular weight excluding hydrogens is 380 g/mol. The van der Waals surface area contributed by atoms with Gasteiger partial charge in [0.2, 0.25) is 0 Å². The fourth-order valence-electron chi connectivity index (χ4n) is 4.50. The first-order chi connectivity index (χ1) is 14.3. The van der Waals surface area contributed by atoms with Gasteiger partial charge in [-0.25, -0.2) is 9.97 Å². The van der Waals surface area contributed by atoms with Crippen molar-refractivity contribution in [2.45, 2.75) is 26.2 Å². The Kier molecular flexibility index (Phi) is 5.38. The molecule has 2 aromatic heterocycles. The second kappa shape index (κ2) is 8.28. The predicted octanol–water partition coefficient (Wildman–Crippen LogP) is 4.02. The van der Waals surface area contributed by atoms with Gasteiger partial charge in [0.15, 0.2) is 0 Å². The molecule has 0 saturated carbocycles. The zero-order valence-electron chi connectivity index (χ0n) is 17.0. The predicted molar refractivity (Wildman–Crippen MR) is 119 cm³/mol. The van der Waals surface area contributed by atoms with Crippen LogP contribution in [0.25, 0.3) is 10.2 Å². The molecule has 0 amide bonds. The molecule has 29 heavy (non-hydrogen) atoms. The van der Waals surface area contributed by atoms with Crippen LogP contribution >= 0.6 is 11.3 Å². The number of ether oxygens (including phenoxy) is 1. The molecule has 2 aliphatic rings. The lowest BCUT2D eigenvalue weighted by Crippen LogP contribution is -2.47. The van der Waals surface area contributed by atoms with E-state index in [9.17, 15) is 0 Å². The van der Waals surface area contributed by atoms with Crippen LogP contribution in [-0.4, -0.2) is 54.2 Å². The monoisotopic (exact) mass is 408 g/mol. The minimum absolute atomic E-state index is 0.734. The molecule has 1 aliphatic carbocycles. The third-order valence-corrected chi connectivity index (χ3v) is 7.36. The van der Waals surface area contributed by atoms with E-state index in [0.29, 0.717) is 0 Å². The van der Waals surface area contributed by atoms with E-state index in [0.717, 1.165) is 56.8 Å². The summed E-state index contributed by atoms with van der Waals surface area (Å²) >= 11 is 1.88. The normalized spacial score (nSPS) is 20.0. The van der Waals surface area contributed by atoms with Crippen LogP contribution in [0.2, 0.25) is 0 Å². The zero-order valence-corrected chi connectivity index (χ0v) is 17.8. The highest BCUT2D eigenvalue weighted by Gasteiger charge is 2.26. The van der Waals surface area contributed by atoms with Crippen LogP contribution in [0.15, 0.2) is 36.7 Å². The lowest BCUT2D eigenvalue weighted by atomic mass is 9.88. The summed E-state index contributed by atoms with van der Waals surface area (Å²) in [4.78, 5) is 17.0. The first-order valence-electron chi connectivity index (χ1n) is 10.7. The standard InChI is InChI=1S/C23H28N4OS/c1-17-7-8-20-19(15-17)21-22(24-16-25-23(21)29-20)27-11-9-26(10-12-27)13-14-28-18-5-3-2-4-6-18/h2-6,16-17H,7-15H2,1H3/t17-/m0/s1. The van der Waals surface area contributed by atoms with Crippen LogP contribution in [0.4, 0.5) is 5.82 Å². The molecule has 1 fully saturated rings. The number of aromatic nitrogens is 2. The van der Waals surface area contributed by atoms with Gasteiger partial charge in [-0.2, -0.15) is 0 Å². The lowest BCUT2D eigenvalue weighted by molar-refractivity contribution is 0.200. The highest BCUT2D eigenvalue weighted by Crippen LogP contribution is 2.40. The summed E-state index contributed by atoms with van der Waals surface area (Å²) < 4.78 is 5.87. The highest BCUT2D eigenvalue weighted by molar-refractivity contribution is 7.19. The Bertz CT molecular complexity index is 966. The molecule has 0 bridgehead atoms. The number of nitrogens with zero attached hydrogens (tertiary/aromatic N) is 4. The largest absolute Gasteiger partial charge is 0.492 e. The Morgan fingerprint density at radius 2 is 1.93 bits per heavy atom. The minimum Gasteiger partial charge on any atom is -0.492 e. The molecule has 1 aromatic carbocycles. The summed E-state index contributed by atoms with van der Waals surface area (Å²) in [7, 11) is 0. The molecule has 3 aromatic rings. The Morgan fingerprint density at radius 1 is 1.10 bits per heavy atom. The van der Waals surface area contributed by atoms with Gasteiger partial charge in [-0.1, -0.05) is 25.1 Å². The summed E-state index contributed by atoms with van der Waals surface area (Å²) in [5, 5.41) is 1.33. The topological polar surface area (TPSA) is 41.5 Å². The van der Waals surface area contributed by atoms with Crippen molar-refractivity contribution < 1.29 is 4.74 Å². The Morgan fingerprint density at radius 3 is 2.76 bits per heavy atom. The SMILES string of the molecule is C[C@H]1CCc2sc3ncnc(N4CCN(CCOc5ccccc5)CC4)c3c2C1. The van der Waals surface area contributed by atoms with E-state index in [1.54, 1.807) is 6.33 Å². The first kappa shape index (κ1) is 18.8. The molecule has 6 heteroatoms. The smallest absolute Gasteiger partial charge is 0.141 e. The van der Waals surface area contributed by atoms with Crippen LogP contribution < -0.4 is 9.64 Å². The van der Waals surface area contributed by atoms with Crippen molar-refractivity contribution in [1.82, 2.24) is 14.9 Å². The highest BCUT2D eigenvalue weighted by atomic mass is 32.1. The zero-order chi connectivity index (χ0) is 19.6. The molecule has 0 spiro atoms. The van der Waals surface area contributed by atoms with Crippen molar-refractivity contribution >= 4 is 27.4 Å². The molecule has 0 N–H and O–H groups in total. The van der Waals surface area contributed by atoms with Gasteiger partial charge in [0.25, 0.3) is 0 Å². The summed E-state index contributed by atoms with van der Waals surface area (Å²) in [6, 6.07) is 10.1. The number of aryl methyl sites for hydroxylation is 1. The summed E-state index contributed by atoms with van der Waals surface area (Å²) in [5.41, 5.74) is 1.53. The van der Waals surface area contributed by atoms with Crippen molar-refractivity contribution in [2.75, 3.05) is 44.2 Å². The second-order valence-electron chi connectivity index (χ2n) is 8.22. The van der Waals surface area contributed by atoms with Gasteiger partial charge >= 0.3 is 0 Å². The van der Waals surface area contributed by atoms with E-state index >= 15 is 0 Å². The number of fused-ring (bicyclic) bond motifs is 3. The van der Waals surface area contributed by atoms with Crippen molar-refractivity contribution in [2.24, 2.45) is 5.92 Å². The van der Waals surface area contributed by atoms with Gasteiger partial charge in [0.05, 0.1) is 5.39 Å². The molecule has 5 rings (SSSR count). The number of anilines is 1. The Labute approximate surface area is 176 Å². The third-order valence-electron chi connectivity index (χ3n) is 6.16. The van der Waals surface area contributed by atoms with Crippen molar-refractivity contribution in [3.63, 3.8) is 0 Å². The fraction of sp³-hybridized carbons (Fsp3) is 0.478. The summed E-state index contributed by atoms with van der Waals surface area (Å²) in [6.07, 6.45) is 5.42. The number of thiophene rings is 1. The Balaban J connectivity index is 1.24. The van der Waals surface area contributed by atoms with Crippen LogP contribution in [0.5, 0.6) is 5.75 Å². The van der Waals surface area contributed by atoms with E-state index in [4.69, 9.17) is 9.72 Å². The molecule has 1 aliphatic heterocycles. The number of hydrogen-bond acceptors (Lipinski definition) is 6. The quantitative estimate of drug-likeness (QED) is 0.638. The van der Waals surface area contributed by atoms with Crippen LogP contribution in [0.1, 0.15) is 23.8 Å². The number of benzene rings is 1. The van der Waals surface area contributed by atoms with Crippen LogP contribution in [0, 0.1) is 5.92 Å². The van der Waals surface area contributed by atoms with Crippen molar-refractivity contribution in [3.05, 3.63) is 47.1 Å². The molecule has 1 saturated heterocycles. The number of para-hydroxylation sites is 1. The molecule has 152 valence electrons. The average molecular weight is 409 g/mol. The average Bonchev–Trinajstić information content (AvgIpc) is 3.13. The first-order valence-corrected chi connectivity index (χ1v) is 11.5. The van der Waals surface area contributed by atoms with Gasteiger partial charge in [-0.3, -0.25) is 4.90 Å². The lowest BCUT2D eigenvalue weighted by Gasteiger charge is -2.35. The van der Waals surface area contributed by atoms with Crippen LogP contribution in [0.3, 0.4) is 0 Å². The minimum atomic E-state index is 0.734. The maximum Gasteiger partial charge on any atom is 0.141 e. The molecule has 0 radical (unpaired) electrons. The molecule has 5 nitrogen and oxygen atoms in total. The van der Waals surface area contributed by atoms with Gasteiger partial charge < -0.3 is 9.64 Å². The number of rotatable bonds is 5. The van der Waals surface area contributed by atoms with Crippen molar-refractivity contribution in [1.29, 1.82) is 0 Å². The van der Waals surface area contributed by atoms with Gasteiger partial charge in [0.1, 0.15) is 29.3 Å². The Hall–Kier alpha value is -2.18. The van der Waals surface area contributed by atoms with E-state index in [-0.39, 0.29) is 0 Å². The van der Waals surface area contributed by atoms with Gasteiger partial charge in [0, 0.05) is 37.6 Å². The van der Waals surface area contributed by atoms with E-state index in [2.05, 4.69) is 21.7 Å². The summed E-state index contributed by atoms with van der Waals surface area (Å²) in [5.74, 6) is 2.86. The van der Waals surface area contributed by atoms with Crippen molar-refractivity contribution in [3.8, 4) is 5.75 Å². The van der Waals surface area contributed by atoms with E-state index < -0.39 is 0 Å². The fourth-order valence-corrected chi connectivity index (χ4v) is 5.68. The molecular formula is C23H28N4OS. The molecule has 3 heterocycles. The second-order valence-corrected chi connectivity index (χ2v) is 9.30. The van der Waals surface area contributed by atoms with Crippen LogP contribution in [-0.2, 0) is 12.8 Å². The maximum atomic E-state index is 5.87. The number of piperazine rings is 1. The number of hydrogen-bond donors (Lipinski definition) is 0. The third kappa shape index (κ3) is 3.96. The molecule has 1 atom stereocenters. The molecule has 0 unspecified atom stereocenters.